The van der Waals surface area contributed by atoms with Crippen LogP contribution >= 0.6 is 21.6 Å². The summed E-state index contributed by atoms with van der Waals surface area (Å²) in [6, 6.07) is 0. The van der Waals surface area contributed by atoms with E-state index >= 15 is 0 Å². The topological polar surface area (TPSA) is 102 Å². The highest BCUT2D eigenvalue weighted by molar-refractivity contribution is 8.76. The minimum absolute atomic E-state index is 0.0170. The van der Waals surface area contributed by atoms with E-state index in [0.717, 1.165) is 0 Å². The molecule has 0 radical (unpaired) electrons. The lowest BCUT2D eigenvalue weighted by molar-refractivity contribution is -0.140. The smallest absolute Gasteiger partial charge is 0.302 e. The third kappa shape index (κ3) is 17.0. The van der Waals surface area contributed by atoms with E-state index in [1.54, 1.807) is 21.6 Å². The van der Waals surface area contributed by atoms with Crippen LogP contribution in [0, 0.1) is 0 Å². The normalized spacial score (nSPS) is 10.0. The third-order valence-electron chi connectivity index (χ3n) is 2.44. The number of nitrogens with one attached hydrogen (secondary N) is 2. The first-order chi connectivity index (χ1) is 10.9. The highest BCUT2D eigenvalue weighted by atomic mass is 33.1. The second kappa shape index (κ2) is 14.4. The van der Waals surface area contributed by atoms with Gasteiger partial charge in [0, 0.05) is 50.8 Å². The third-order valence-corrected chi connectivity index (χ3v) is 4.81. The molecule has 0 saturated carbocycles. The van der Waals surface area contributed by atoms with Crippen molar-refractivity contribution in [3.05, 3.63) is 0 Å². The molecular formula is C14H24N2O5S2. The van der Waals surface area contributed by atoms with Gasteiger partial charge in [-0.3, -0.25) is 14.4 Å². The van der Waals surface area contributed by atoms with Gasteiger partial charge in [-0.15, -0.1) is 0 Å². The lowest BCUT2D eigenvalue weighted by Crippen LogP contribution is -2.34. The molecule has 0 aromatic carbocycles. The van der Waals surface area contributed by atoms with Gasteiger partial charge < -0.3 is 20.2 Å². The summed E-state index contributed by atoms with van der Waals surface area (Å²) < 4.78 is 4.78. The van der Waals surface area contributed by atoms with Crippen molar-refractivity contribution in [2.75, 3.05) is 31.2 Å². The van der Waals surface area contributed by atoms with Gasteiger partial charge in [0.05, 0.1) is 0 Å². The van der Waals surface area contributed by atoms with Crippen molar-refractivity contribution in [3.63, 3.8) is 0 Å². The Balaban J connectivity index is 3.38. The zero-order chi connectivity index (χ0) is 17.5. The van der Waals surface area contributed by atoms with Crippen molar-refractivity contribution in [2.24, 2.45) is 0 Å². The van der Waals surface area contributed by atoms with Gasteiger partial charge in [-0.05, 0) is 6.92 Å². The van der Waals surface area contributed by atoms with E-state index in [-0.39, 0.29) is 36.4 Å². The number of carbonyl (C=O) groups is 4. The summed E-state index contributed by atoms with van der Waals surface area (Å²) >= 11 is 0. The Morgan fingerprint density at radius 2 is 1.39 bits per heavy atom. The summed E-state index contributed by atoms with van der Waals surface area (Å²) in [5.41, 5.74) is 0. The van der Waals surface area contributed by atoms with Gasteiger partial charge in [-0.1, -0.05) is 21.6 Å². The first-order valence-corrected chi connectivity index (χ1v) is 9.81. The van der Waals surface area contributed by atoms with E-state index in [0.29, 0.717) is 37.6 Å². The summed E-state index contributed by atoms with van der Waals surface area (Å²) in [4.78, 5) is 44.1. The monoisotopic (exact) mass is 364 g/mol. The number of hydrogen-bond donors (Lipinski definition) is 2. The Morgan fingerprint density at radius 3 is 1.96 bits per heavy atom. The molecule has 0 aromatic rings. The fourth-order valence-corrected chi connectivity index (χ4v) is 3.16. The number of esters is 1. The molecule has 0 spiro atoms. The van der Waals surface area contributed by atoms with Crippen LogP contribution in [0.25, 0.3) is 0 Å². The van der Waals surface area contributed by atoms with Gasteiger partial charge in [-0.2, -0.15) is 0 Å². The summed E-state index contributed by atoms with van der Waals surface area (Å²) in [5.74, 6) is 0.796. The van der Waals surface area contributed by atoms with E-state index < -0.39 is 0 Å². The first-order valence-electron chi connectivity index (χ1n) is 7.32. The molecule has 2 amide bonds. The molecule has 7 nitrogen and oxygen atoms in total. The number of amides is 2. The highest BCUT2D eigenvalue weighted by Gasteiger charge is 2.04. The maximum absolute atomic E-state index is 11.5. The van der Waals surface area contributed by atoms with Gasteiger partial charge in [-0.25, -0.2) is 0 Å². The average Bonchev–Trinajstić information content (AvgIpc) is 2.48. The molecule has 0 bridgehead atoms. The fraction of sp³-hybridized carbons (Fsp3) is 0.714. The molecule has 9 heteroatoms. The maximum atomic E-state index is 11.5. The minimum Gasteiger partial charge on any atom is -0.465 e. The molecule has 0 aliphatic carbocycles. The van der Waals surface area contributed by atoms with Crippen molar-refractivity contribution in [1.82, 2.24) is 10.6 Å². The molecule has 0 saturated heterocycles. The Hall–Kier alpha value is -1.22. The molecule has 0 rings (SSSR count). The van der Waals surface area contributed by atoms with Crippen LogP contribution in [0.2, 0.25) is 0 Å². The number of Topliss-reactive ketones (excluding diaryl/α,β-unsaturated/α-hetero) is 1. The van der Waals surface area contributed by atoms with Gasteiger partial charge >= 0.3 is 5.97 Å². The zero-order valence-corrected chi connectivity index (χ0v) is 15.1. The molecule has 2 N–H and O–H groups in total. The quantitative estimate of drug-likeness (QED) is 0.285. The SMILES string of the molecule is CC(=O)CCC(=O)NCCNC(=O)CCSSCCOC(C)=O. The zero-order valence-electron chi connectivity index (χ0n) is 13.5. The molecule has 0 aliphatic rings. The molecule has 0 unspecified atom stereocenters. The summed E-state index contributed by atoms with van der Waals surface area (Å²) in [5, 5.41) is 5.34. The van der Waals surface area contributed by atoms with Gasteiger partial charge in [0.15, 0.2) is 0 Å². The minimum atomic E-state index is -0.289. The van der Waals surface area contributed by atoms with Gasteiger partial charge in [0.25, 0.3) is 0 Å². The Bertz CT molecular complexity index is 405. The predicted molar refractivity (Wildman–Crippen MR) is 92.1 cm³/mol. The summed E-state index contributed by atoms with van der Waals surface area (Å²) in [7, 11) is 3.10. The summed E-state index contributed by atoms with van der Waals surface area (Å²) in [6.45, 7) is 3.91. The van der Waals surface area contributed by atoms with Crippen LogP contribution in [0.1, 0.15) is 33.1 Å². The number of ketones is 1. The van der Waals surface area contributed by atoms with E-state index in [4.69, 9.17) is 4.74 Å². The fourth-order valence-electron chi connectivity index (χ4n) is 1.34. The van der Waals surface area contributed by atoms with Crippen LogP contribution in [0.5, 0.6) is 0 Å². The van der Waals surface area contributed by atoms with Crippen molar-refractivity contribution in [3.8, 4) is 0 Å². The van der Waals surface area contributed by atoms with Crippen LogP contribution in [0.4, 0.5) is 0 Å². The van der Waals surface area contributed by atoms with Crippen LogP contribution in [-0.2, 0) is 23.9 Å². The number of carbonyl (C=O) groups excluding carboxylic acids is 4. The van der Waals surface area contributed by atoms with Crippen LogP contribution in [0.3, 0.4) is 0 Å². The molecule has 23 heavy (non-hydrogen) atoms. The van der Waals surface area contributed by atoms with Crippen LogP contribution < -0.4 is 10.6 Å². The lowest BCUT2D eigenvalue weighted by Gasteiger charge is -2.07. The number of hydrogen-bond acceptors (Lipinski definition) is 7. The van der Waals surface area contributed by atoms with Crippen LogP contribution in [0.15, 0.2) is 0 Å². The molecular weight excluding hydrogens is 340 g/mol. The molecule has 0 fully saturated rings. The molecule has 132 valence electrons. The Labute approximate surface area is 144 Å². The second-order valence-corrected chi connectivity index (χ2v) is 7.34. The van der Waals surface area contributed by atoms with Crippen molar-refractivity contribution >= 4 is 45.2 Å². The lowest BCUT2D eigenvalue weighted by atomic mass is 10.2. The number of rotatable bonds is 13. The highest BCUT2D eigenvalue weighted by Crippen LogP contribution is 2.21. The van der Waals surface area contributed by atoms with Gasteiger partial charge in [0.1, 0.15) is 12.4 Å². The second-order valence-electron chi connectivity index (χ2n) is 4.64. The molecule has 0 aliphatic heterocycles. The molecule has 0 heterocycles. The van der Waals surface area contributed by atoms with E-state index in [1.165, 1.54) is 13.8 Å². The van der Waals surface area contributed by atoms with E-state index in [1.807, 2.05) is 0 Å². The van der Waals surface area contributed by atoms with Gasteiger partial charge in [0.2, 0.25) is 11.8 Å². The summed E-state index contributed by atoms with van der Waals surface area (Å²) in [6.07, 6.45) is 0.818. The van der Waals surface area contributed by atoms with Crippen LogP contribution in [-0.4, -0.2) is 54.8 Å². The van der Waals surface area contributed by atoms with Crippen molar-refractivity contribution in [2.45, 2.75) is 33.1 Å². The first kappa shape index (κ1) is 21.8. The number of ether oxygens (including phenoxy) is 1. The Kier molecular flexibility index (Phi) is 13.6. The van der Waals surface area contributed by atoms with Crippen molar-refractivity contribution < 1.29 is 23.9 Å². The standard InChI is InChI=1S/C14H24N2O5S2/c1-11(17)3-4-13(19)15-6-7-16-14(20)5-9-22-23-10-8-21-12(2)18/h3-10H2,1-2H3,(H,15,19)(H,16,20). The van der Waals surface area contributed by atoms with E-state index in [2.05, 4.69) is 10.6 Å². The van der Waals surface area contributed by atoms with Crippen molar-refractivity contribution in [1.29, 1.82) is 0 Å². The molecule has 0 atom stereocenters. The largest absolute Gasteiger partial charge is 0.465 e. The molecule has 0 aromatic heterocycles. The Morgan fingerprint density at radius 1 is 0.826 bits per heavy atom. The predicted octanol–water partition coefficient (Wildman–Crippen LogP) is 0.923. The van der Waals surface area contributed by atoms with E-state index in [9.17, 15) is 19.2 Å². The average molecular weight is 364 g/mol. The maximum Gasteiger partial charge on any atom is 0.302 e.